The molecule has 0 spiro atoms. The van der Waals surface area contributed by atoms with Gasteiger partial charge in [0.15, 0.2) is 17.1 Å². The minimum Gasteiger partial charge on any atom is -0.383 e. The van der Waals surface area contributed by atoms with Gasteiger partial charge >= 0.3 is 0 Å². The Kier molecular flexibility index (Phi) is 9.98. The molecule has 4 aromatic heterocycles. The summed E-state index contributed by atoms with van der Waals surface area (Å²) in [5.41, 5.74) is 14.2. The molecule has 0 saturated carbocycles. The number of anilines is 3. The molecular formula is C23H32FN11O2S. The number of sulfonamides is 1. The molecule has 0 fully saturated rings. The number of hydrogen-bond acceptors (Lipinski definition) is 10. The van der Waals surface area contributed by atoms with Crippen LogP contribution in [0.5, 0.6) is 0 Å². The quantitative estimate of drug-likeness (QED) is 0.304. The van der Waals surface area contributed by atoms with Gasteiger partial charge in [-0.3, -0.25) is 4.72 Å². The Balaban J connectivity index is 0.000000282. The molecule has 0 aliphatic rings. The fraction of sp³-hybridized carbons (Fsp3) is 0.304. The lowest BCUT2D eigenvalue weighted by Crippen LogP contribution is -2.09. The van der Waals surface area contributed by atoms with Crippen LogP contribution in [0.2, 0.25) is 0 Å². The Hall–Kier alpha value is -4.40. The van der Waals surface area contributed by atoms with Crippen molar-refractivity contribution >= 4 is 49.5 Å². The molecule has 4 heterocycles. The summed E-state index contributed by atoms with van der Waals surface area (Å²) in [6.45, 7) is 8.00. The first-order valence-corrected chi connectivity index (χ1v) is 13.5. The molecule has 0 saturated heterocycles. The number of benzene rings is 1. The largest absolute Gasteiger partial charge is 0.383 e. The monoisotopic (exact) mass is 545 g/mol. The molecule has 38 heavy (non-hydrogen) atoms. The van der Waals surface area contributed by atoms with Crippen molar-refractivity contribution in [1.29, 1.82) is 0 Å². The Morgan fingerprint density at radius 2 is 1.47 bits per heavy atom. The molecular weight excluding hydrogens is 513 g/mol. The van der Waals surface area contributed by atoms with E-state index in [2.05, 4.69) is 34.7 Å². The third-order valence-corrected chi connectivity index (χ3v) is 5.26. The van der Waals surface area contributed by atoms with E-state index < -0.39 is 15.8 Å². The van der Waals surface area contributed by atoms with Crippen molar-refractivity contribution < 1.29 is 12.8 Å². The maximum atomic E-state index is 13.9. The van der Waals surface area contributed by atoms with Gasteiger partial charge in [-0.05, 0) is 18.2 Å². The maximum absolute atomic E-state index is 13.9. The van der Waals surface area contributed by atoms with E-state index in [9.17, 15) is 12.8 Å². The second kappa shape index (κ2) is 12.7. The highest BCUT2D eigenvalue weighted by atomic mass is 32.2. The van der Waals surface area contributed by atoms with E-state index in [0.717, 1.165) is 18.0 Å². The second-order valence-corrected chi connectivity index (χ2v) is 9.07. The van der Waals surface area contributed by atoms with Crippen LogP contribution in [0.3, 0.4) is 0 Å². The zero-order valence-corrected chi connectivity index (χ0v) is 23.1. The van der Waals surface area contributed by atoms with Crippen LogP contribution in [0.25, 0.3) is 33.5 Å². The molecule has 5 rings (SSSR count). The van der Waals surface area contributed by atoms with E-state index in [1.54, 1.807) is 17.9 Å². The molecule has 204 valence electrons. The summed E-state index contributed by atoms with van der Waals surface area (Å²) < 4.78 is 42.1. The number of aryl methyl sites for hydroxylation is 2. The number of nitrogens with two attached hydrogens (primary N) is 2. The topological polar surface area (TPSA) is 185 Å². The number of hydrogen-bond donors (Lipinski definition) is 3. The van der Waals surface area contributed by atoms with Gasteiger partial charge in [0, 0.05) is 19.7 Å². The molecule has 0 aliphatic heterocycles. The van der Waals surface area contributed by atoms with E-state index >= 15 is 0 Å². The third-order valence-electron chi connectivity index (χ3n) is 4.65. The summed E-state index contributed by atoms with van der Waals surface area (Å²) >= 11 is 0. The number of nitrogens with zero attached hydrogens (tertiary/aromatic N) is 8. The van der Waals surface area contributed by atoms with Crippen LogP contribution < -0.4 is 16.2 Å². The molecule has 0 aliphatic carbocycles. The van der Waals surface area contributed by atoms with Crippen LogP contribution in [0.4, 0.5) is 21.7 Å². The van der Waals surface area contributed by atoms with E-state index in [1.807, 2.05) is 34.7 Å². The second-order valence-electron chi connectivity index (χ2n) is 7.32. The zero-order chi connectivity index (χ0) is 28.6. The maximum Gasteiger partial charge on any atom is 0.229 e. The average molecular weight is 546 g/mol. The van der Waals surface area contributed by atoms with Gasteiger partial charge in [0.2, 0.25) is 10.0 Å². The number of aromatic nitrogens is 8. The summed E-state index contributed by atoms with van der Waals surface area (Å²) in [6, 6.07) is 3.79. The van der Waals surface area contributed by atoms with Crippen molar-refractivity contribution in [3.05, 3.63) is 43.0 Å². The van der Waals surface area contributed by atoms with Crippen LogP contribution in [-0.4, -0.2) is 53.9 Å². The summed E-state index contributed by atoms with van der Waals surface area (Å²) in [4.78, 5) is 19.9. The van der Waals surface area contributed by atoms with Gasteiger partial charge in [0.25, 0.3) is 0 Å². The number of rotatable bonds is 3. The van der Waals surface area contributed by atoms with Crippen molar-refractivity contribution in [2.24, 2.45) is 14.1 Å². The van der Waals surface area contributed by atoms with Gasteiger partial charge in [0.05, 0.1) is 23.7 Å². The van der Waals surface area contributed by atoms with Crippen molar-refractivity contribution in [2.45, 2.75) is 27.7 Å². The first-order chi connectivity index (χ1) is 18.0. The smallest absolute Gasteiger partial charge is 0.229 e. The van der Waals surface area contributed by atoms with Crippen LogP contribution in [0, 0.1) is 5.82 Å². The van der Waals surface area contributed by atoms with Crippen LogP contribution >= 0.6 is 0 Å². The van der Waals surface area contributed by atoms with Gasteiger partial charge in [-0.2, -0.15) is 5.10 Å². The van der Waals surface area contributed by atoms with Gasteiger partial charge in [0.1, 0.15) is 35.5 Å². The van der Waals surface area contributed by atoms with Crippen molar-refractivity contribution in [1.82, 2.24) is 39.3 Å². The van der Waals surface area contributed by atoms with Crippen molar-refractivity contribution in [3.63, 3.8) is 0 Å². The Morgan fingerprint density at radius 1 is 0.868 bits per heavy atom. The van der Waals surface area contributed by atoms with Gasteiger partial charge in [-0.25, -0.2) is 42.4 Å². The number of imidazole rings is 1. The number of nitrogen functional groups attached to an aromatic ring is 2. The first-order valence-electron chi connectivity index (χ1n) is 11.6. The molecule has 15 heteroatoms. The van der Waals surface area contributed by atoms with Crippen molar-refractivity contribution in [3.8, 4) is 11.3 Å². The standard InChI is InChI=1S/C13H13FN6O2S.C6H7N5.2C2H6/c1-20-13-10(12(15)16-6-17-13)11(18-20)7-3-8(14)5-9(4-7)19-23(2,21)22;1-11-3-10-4-5(7)8-2-9-6(4)11;2*1-2/h3-6,19H,1-2H3,(H2,15,16,17);2-3H,1H3,(H2,7,8,9);2*1-2H3. The van der Waals surface area contributed by atoms with E-state index in [0.29, 0.717) is 33.6 Å². The van der Waals surface area contributed by atoms with E-state index in [4.69, 9.17) is 11.5 Å². The predicted molar refractivity (Wildman–Crippen MR) is 148 cm³/mol. The van der Waals surface area contributed by atoms with Gasteiger partial charge in [-0.15, -0.1) is 0 Å². The van der Waals surface area contributed by atoms with E-state index in [-0.39, 0.29) is 11.5 Å². The van der Waals surface area contributed by atoms with Crippen molar-refractivity contribution in [2.75, 3.05) is 22.4 Å². The molecule has 0 bridgehead atoms. The summed E-state index contributed by atoms with van der Waals surface area (Å²) in [7, 11) is 0.00671. The third kappa shape index (κ3) is 6.88. The zero-order valence-electron chi connectivity index (χ0n) is 22.3. The van der Waals surface area contributed by atoms with Gasteiger partial charge < -0.3 is 16.0 Å². The predicted octanol–water partition coefficient (Wildman–Crippen LogP) is 3.12. The Labute approximate surface area is 220 Å². The molecule has 0 amide bonds. The highest BCUT2D eigenvalue weighted by Gasteiger charge is 2.17. The summed E-state index contributed by atoms with van der Waals surface area (Å²) in [5.74, 6) is 0.0263. The molecule has 13 nitrogen and oxygen atoms in total. The molecule has 0 unspecified atom stereocenters. The highest BCUT2D eigenvalue weighted by Crippen LogP contribution is 2.31. The normalized spacial score (nSPS) is 10.5. The average Bonchev–Trinajstić information content (AvgIpc) is 3.42. The molecule has 5 aromatic rings. The molecule has 0 radical (unpaired) electrons. The first kappa shape index (κ1) is 29.8. The SMILES string of the molecule is CC.CC.Cn1cnc2c(N)ncnc21.Cn1nc(-c2cc(F)cc(NS(C)(=O)=O)c2)c2c(N)ncnc21. The molecule has 0 atom stereocenters. The minimum atomic E-state index is -3.53. The Morgan fingerprint density at radius 3 is 2.08 bits per heavy atom. The summed E-state index contributed by atoms with van der Waals surface area (Å²) in [5, 5.41) is 4.77. The fourth-order valence-corrected chi connectivity index (χ4v) is 3.82. The van der Waals surface area contributed by atoms with Crippen LogP contribution in [-0.2, 0) is 24.1 Å². The number of halogens is 1. The fourth-order valence-electron chi connectivity index (χ4n) is 3.27. The summed E-state index contributed by atoms with van der Waals surface area (Å²) in [6.07, 6.45) is 5.39. The van der Waals surface area contributed by atoms with Gasteiger partial charge in [-0.1, -0.05) is 27.7 Å². The lowest BCUT2D eigenvalue weighted by atomic mass is 10.1. The van der Waals surface area contributed by atoms with Crippen LogP contribution in [0.15, 0.2) is 37.2 Å². The highest BCUT2D eigenvalue weighted by molar-refractivity contribution is 7.92. The molecule has 5 N–H and O–H groups in total. The lowest BCUT2D eigenvalue weighted by molar-refractivity contribution is 0.606. The number of fused-ring (bicyclic) bond motifs is 2. The molecule has 1 aromatic carbocycles. The van der Waals surface area contributed by atoms with Crippen LogP contribution in [0.1, 0.15) is 27.7 Å². The lowest BCUT2D eigenvalue weighted by Gasteiger charge is -2.06. The number of nitrogens with one attached hydrogen (secondary N) is 1. The van der Waals surface area contributed by atoms with E-state index in [1.165, 1.54) is 29.5 Å². The minimum absolute atomic E-state index is 0.0942. The Bertz CT molecular complexity index is 1630.